The van der Waals surface area contributed by atoms with E-state index >= 15 is 0 Å². The first kappa shape index (κ1) is 23.3. The zero-order valence-corrected chi connectivity index (χ0v) is 18.9. The molecular formula is C25H25F3N4O3. The summed E-state index contributed by atoms with van der Waals surface area (Å²) in [7, 11) is 0. The Hall–Kier alpha value is -3.40. The molecule has 2 N–H and O–H groups in total. The minimum Gasteiger partial charge on any atom is -0.299 e. The molecule has 0 unspecified atom stereocenters. The van der Waals surface area contributed by atoms with Gasteiger partial charge in [-0.2, -0.15) is 13.2 Å². The van der Waals surface area contributed by atoms with Crippen molar-refractivity contribution in [2.75, 3.05) is 13.1 Å². The molecule has 3 heterocycles. The third-order valence-electron chi connectivity index (χ3n) is 7.00. The average molecular weight is 486 g/mol. The molecule has 10 heteroatoms. The van der Waals surface area contributed by atoms with Crippen LogP contribution in [0, 0.1) is 0 Å². The second-order valence-corrected chi connectivity index (χ2v) is 9.30. The number of rotatable bonds is 4. The summed E-state index contributed by atoms with van der Waals surface area (Å²) in [5, 5.41) is 5.84. The molecule has 2 aromatic carbocycles. The fourth-order valence-corrected chi connectivity index (χ4v) is 5.03. The predicted octanol–water partition coefficient (Wildman–Crippen LogP) is 3.71. The van der Waals surface area contributed by atoms with Crippen LogP contribution in [0.1, 0.15) is 54.3 Å². The second kappa shape index (κ2) is 8.99. The number of aromatic amines is 1. The second-order valence-electron chi connectivity index (χ2n) is 9.30. The van der Waals surface area contributed by atoms with E-state index in [0.717, 1.165) is 49.2 Å². The summed E-state index contributed by atoms with van der Waals surface area (Å²) in [6, 6.07) is 10.3. The van der Waals surface area contributed by atoms with Crippen LogP contribution in [0.4, 0.5) is 13.2 Å². The van der Waals surface area contributed by atoms with Crippen LogP contribution in [-0.2, 0) is 22.3 Å². The number of likely N-dealkylation sites (tertiary alicyclic amines) is 1. The number of piperidine rings is 2. The van der Waals surface area contributed by atoms with Gasteiger partial charge in [0.05, 0.1) is 16.5 Å². The summed E-state index contributed by atoms with van der Waals surface area (Å²) in [5.74, 6) is -0.511. The van der Waals surface area contributed by atoms with Crippen molar-refractivity contribution in [2.45, 2.75) is 50.4 Å². The number of aromatic nitrogens is 2. The first-order valence-electron chi connectivity index (χ1n) is 11.7. The normalized spacial score (nSPS) is 20.4. The molecule has 2 aliphatic heterocycles. The number of fused-ring (bicyclic) bond motifs is 1. The van der Waals surface area contributed by atoms with Crippen molar-refractivity contribution in [3.63, 3.8) is 0 Å². The lowest BCUT2D eigenvalue weighted by Crippen LogP contribution is -2.44. The van der Waals surface area contributed by atoms with Crippen LogP contribution in [0.5, 0.6) is 0 Å². The van der Waals surface area contributed by atoms with Gasteiger partial charge in [-0.15, -0.1) is 0 Å². The number of nitrogens with one attached hydrogen (secondary N) is 2. The molecule has 35 heavy (non-hydrogen) atoms. The van der Waals surface area contributed by atoms with Crippen LogP contribution in [0.2, 0.25) is 0 Å². The van der Waals surface area contributed by atoms with Gasteiger partial charge in [-0.3, -0.25) is 29.7 Å². The summed E-state index contributed by atoms with van der Waals surface area (Å²) >= 11 is 0. The molecule has 1 atom stereocenters. The maximum Gasteiger partial charge on any atom is 0.416 e. The molecule has 2 saturated heterocycles. The highest BCUT2D eigenvalue weighted by molar-refractivity contribution is 5.99. The number of amides is 2. The molecular weight excluding hydrogens is 461 g/mol. The number of H-pyrrole nitrogens is 1. The topological polar surface area (TPSA) is 87.2 Å². The van der Waals surface area contributed by atoms with E-state index in [0.29, 0.717) is 23.4 Å². The largest absolute Gasteiger partial charge is 0.416 e. The monoisotopic (exact) mass is 486 g/mol. The Kier molecular flexibility index (Phi) is 6.00. The van der Waals surface area contributed by atoms with Crippen LogP contribution in [0.25, 0.3) is 10.9 Å². The molecule has 184 valence electrons. The summed E-state index contributed by atoms with van der Waals surface area (Å²) in [5.41, 5.74) is 1.69. The van der Waals surface area contributed by atoms with Crippen LogP contribution < -0.4 is 10.9 Å². The van der Waals surface area contributed by atoms with Crippen LogP contribution in [0.15, 0.2) is 47.3 Å². The van der Waals surface area contributed by atoms with Gasteiger partial charge in [-0.25, -0.2) is 4.68 Å². The van der Waals surface area contributed by atoms with E-state index in [4.69, 9.17) is 0 Å². The molecule has 2 amide bonds. The van der Waals surface area contributed by atoms with E-state index in [1.807, 2.05) is 12.1 Å². The van der Waals surface area contributed by atoms with Gasteiger partial charge in [0.25, 0.3) is 11.5 Å². The number of hydrogen-bond donors (Lipinski definition) is 2. The molecule has 1 aromatic heterocycles. The lowest BCUT2D eigenvalue weighted by Gasteiger charge is -2.32. The molecule has 0 radical (unpaired) electrons. The highest BCUT2D eigenvalue weighted by Crippen LogP contribution is 2.32. The summed E-state index contributed by atoms with van der Waals surface area (Å²) in [6.45, 7) is 2.24. The SMILES string of the molecule is O=C1CC[C@H](n2[nH]c3cc(C4CCN(Cc5ccc(C(F)(F)F)cc5)CC4)ccc3c2=O)C(=O)N1. The van der Waals surface area contributed by atoms with E-state index in [2.05, 4.69) is 15.3 Å². The number of nitrogens with zero attached hydrogens (tertiary/aromatic N) is 2. The van der Waals surface area contributed by atoms with Gasteiger partial charge in [-0.1, -0.05) is 18.2 Å². The van der Waals surface area contributed by atoms with Crippen LogP contribution in [0.3, 0.4) is 0 Å². The van der Waals surface area contributed by atoms with Crippen molar-refractivity contribution in [3.8, 4) is 0 Å². The Morgan fingerprint density at radius 3 is 2.31 bits per heavy atom. The molecule has 3 aromatic rings. The van der Waals surface area contributed by atoms with Gasteiger partial charge in [0.2, 0.25) is 5.91 Å². The maximum atomic E-state index is 12.8. The molecule has 0 spiro atoms. The van der Waals surface area contributed by atoms with Gasteiger partial charge in [0.15, 0.2) is 0 Å². The fourth-order valence-electron chi connectivity index (χ4n) is 5.03. The van der Waals surface area contributed by atoms with Crippen molar-refractivity contribution >= 4 is 22.7 Å². The van der Waals surface area contributed by atoms with E-state index in [9.17, 15) is 27.6 Å². The number of imide groups is 1. The number of carbonyl (C=O) groups excluding carboxylic acids is 2. The van der Waals surface area contributed by atoms with Crippen molar-refractivity contribution in [3.05, 3.63) is 69.5 Å². The lowest BCUT2D eigenvalue weighted by atomic mass is 9.89. The van der Waals surface area contributed by atoms with E-state index in [1.54, 1.807) is 6.07 Å². The van der Waals surface area contributed by atoms with E-state index < -0.39 is 23.7 Å². The Morgan fingerprint density at radius 1 is 0.943 bits per heavy atom. The lowest BCUT2D eigenvalue weighted by molar-refractivity contribution is -0.138. The highest BCUT2D eigenvalue weighted by Gasteiger charge is 2.31. The van der Waals surface area contributed by atoms with E-state index in [1.165, 1.54) is 16.8 Å². The molecule has 2 fully saturated rings. The van der Waals surface area contributed by atoms with Gasteiger partial charge < -0.3 is 0 Å². The van der Waals surface area contributed by atoms with E-state index in [-0.39, 0.29) is 24.3 Å². The number of hydrogen-bond acceptors (Lipinski definition) is 4. The smallest absolute Gasteiger partial charge is 0.299 e. The van der Waals surface area contributed by atoms with Gasteiger partial charge in [-0.05, 0) is 73.7 Å². The fraction of sp³-hybridized carbons (Fsp3) is 0.400. The zero-order chi connectivity index (χ0) is 24.7. The van der Waals surface area contributed by atoms with Crippen molar-refractivity contribution in [1.82, 2.24) is 20.0 Å². The predicted molar refractivity (Wildman–Crippen MR) is 123 cm³/mol. The van der Waals surface area contributed by atoms with Crippen LogP contribution >= 0.6 is 0 Å². The van der Waals surface area contributed by atoms with Gasteiger partial charge in [0, 0.05) is 13.0 Å². The summed E-state index contributed by atoms with van der Waals surface area (Å²) < 4.78 is 39.6. The Bertz CT molecular complexity index is 1320. The summed E-state index contributed by atoms with van der Waals surface area (Å²) in [6.07, 6.45) is -2.07. The Balaban J connectivity index is 1.25. The van der Waals surface area contributed by atoms with Gasteiger partial charge >= 0.3 is 6.18 Å². The molecule has 7 nitrogen and oxygen atoms in total. The maximum absolute atomic E-state index is 12.8. The molecule has 0 aliphatic carbocycles. The minimum atomic E-state index is -4.33. The number of alkyl halides is 3. The average Bonchev–Trinajstić information content (AvgIpc) is 3.15. The standard InChI is InChI=1S/C25H25F3N4O3/c26-25(27,28)18-4-1-15(2-5-18)14-31-11-9-16(10-12-31)17-3-6-19-20(13-17)30-32(24(19)35)21-7-8-22(33)29-23(21)34/h1-6,13,16,21,30H,7-12,14H2,(H,29,33,34)/t21-/m0/s1. The number of benzene rings is 2. The number of halogens is 3. The van der Waals surface area contributed by atoms with Crippen molar-refractivity contribution in [2.24, 2.45) is 0 Å². The Labute approximate surface area is 198 Å². The first-order chi connectivity index (χ1) is 16.7. The highest BCUT2D eigenvalue weighted by atomic mass is 19.4. The molecule has 0 bridgehead atoms. The quantitative estimate of drug-likeness (QED) is 0.551. The van der Waals surface area contributed by atoms with Crippen LogP contribution in [-0.4, -0.2) is 39.6 Å². The molecule has 0 saturated carbocycles. The number of carbonyl (C=O) groups is 2. The minimum absolute atomic E-state index is 0.189. The first-order valence-corrected chi connectivity index (χ1v) is 11.7. The third-order valence-corrected chi connectivity index (χ3v) is 7.00. The zero-order valence-electron chi connectivity index (χ0n) is 18.9. The Morgan fingerprint density at radius 2 is 1.66 bits per heavy atom. The third kappa shape index (κ3) is 4.75. The van der Waals surface area contributed by atoms with Crippen molar-refractivity contribution in [1.29, 1.82) is 0 Å². The van der Waals surface area contributed by atoms with Crippen molar-refractivity contribution < 1.29 is 22.8 Å². The molecule has 5 rings (SSSR count). The van der Waals surface area contributed by atoms with Gasteiger partial charge in [0.1, 0.15) is 6.04 Å². The molecule has 2 aliphatic rings. The summed E-state index contributed by atoms with van der Waals surface area (Å²) in [4.78, 5) is 38.7.